The Morgan fingerprint density at radius 2 is 2.21 bits per heavy atom. The van der Waals surface area contributed by atoms with Gasteiger partial charge in [0.15, 0.2) is 0 Å². The molecule has 1 fully saturated rings. The Bertz CT molecular complexity index is 334. The third-order valence-corrected chi connectivity index (χ3v) is 3.12. The standard InChI is InChI=1S/C11H15BrN2/c1-2-14(9-4-5-9)11-7-8(12)3-6-10(11)13/h3,6-7,9H,2,4-5,13H2,1H3. The van der Waals surface area contributed by atoms with Crippen LogP contribution in [-0.2, 0) is 0 Å². The van der Waals surface area contributed by atoms with Crippen LogP contribution in [0, 0.1) is 0 Å². The van der Waals surface area contributed by atoms with E-state index in [1.54, 1.807) is 0 Å². The third kappa shape index (κ3) is 1.87. The summed E-state index contributed by atoms with van der Waals surface area (Å²) in [6, 6.07) is 6.78. The van der Waals surface area contributed by atoms with Crippen molar-refractivity contribution in [3.8, 4) is 0 Å². The molecule has 3 heteroatoms. The molecule has 0 radical (unpaired) electrons. The van der Waals surface area contributed by atoms with E-state index in [0.717, 1.165) is 22.7 Å². The van der Waals surface area contributed by atoms with E-state index in [-0.39, 0.29) is 0 Å². The average Bonchev–Trinajstić information content (AvgIpc) is 2.96. The molecule has 0 unspecified atom stereocenters. The molecule has 76 valence electrons. The van der Waals surface area contributed by atoms with Crippen LogP contribution in [0.5, 0.6) is 0 Å². The van der Waals surface area contributed by atoms with Gasteiger partial charge in [-0.05, 0) is 38.0 Å². The Morgan fingerprint density at radius 3 is 2.79 bits per heavy atom. The number of nitrogen functional groups attached to an aromatic ring is 1. The summed E-state index contributed by atoms with van der Waals surface area (Å²) in [5, 5.41) is 0. The van der Waals surface area contributed by atoms with Crippen molar-refractivity contribution in [2.75, 3.05) is 17.2 Å². The van der Waals surface area contributed by atoms with Crippen molar-refractivity contribution < 1.29 is 0 Å². The van der Waals surface area contributed by atoms with Gasteiger partial charge in [0, 0.05) is 17.1 Å². The molecule has 0 bridgehead atoms. The first-order chi connectivity index (χ1) is 6.72. The summed E-state index contributed by atoms with van der Waals surface area (Å²) in [6.07, 6.45) is 2.61. The fourth-order valence-corrected chi connectivity index (χ4v) is 2.13. The highest BCUT2D eigenvalue weighted by Crippen LogP contribution is 2.35. The predicted molar refractivity (Wildman–Crippen MR) is 64.6 cm³/mol. The van der Waals surface area contributed by atoms with Gasteiger partial charge in [-0.3, -0.25) is 0 Å². The van der Waals surface area contributed by atoms with E-state index >= 15 is 0 Å². The number of nitrogens with two attached hydrogens (primary N) is 1. The zero-order valence-corrected chi connectivity index (χ0v) is 9.92. The van der Waals surface area contributed by atoms with Gasteiger partial charge in [0.05, 0.1) is 11.4 Å². The van der Waals surface area contributed by atoms with Crippen LogP contribution in [-0.4, -0.2) is 12.6 Å². The monoisotopic (exact) mass is 254 g/mol. The normalized spacial score (nSPS) is 15.6. The molecule has 14 heavy (non-hydrogen) atoms. The molecule has 2 rings (SSSR count). The average molecular weight is 255 g/mol. The third-order valence-electron chi connectivity index (χ3n) is 2.63. The lowest BCUT2D eigenvalue weighted by Crippen LogP contribution is -2.25. The van der Waals surface area contributed by atoms with Crippen molar-refractivity contribution in [2.24, 2.45) is 0 Å². The van der Waals surface area contributed by atoms with E-state index in [1.807, 2.05) is 12.1 Å². The molecule has 0 amide bonds. The van der Waals surface area contributed by atoms with E-state index < -0.39 is 0 Å². The molecule has 1 saturated carbocycles. The highest BCUT2D eigenvalue weighted by molar-refractivity contribution is 9.10. The van der Waals surface area contributed by atoms with Gasteiger partial charge in [0.2, 0.25) is 0 Å². The molecule has 2 nitrogen and oxygen atoms in total. The lowest BCUT2D eigenvalue weighted by molar-refractivity contribution is 0.827. The molecule has 2 N–H and O–H groups in total. The first-order valence-corrected chi connectivity index (χ1v) is 5.83. The first-order valence-electron chi connectivity index (χ1n) is 5.04. The summed E-state index contributed by atoms with van der Waals surface area (Å²) in [4.78, 5) is 2.39. The Labute approximate surface area is 93.2 Å². The van der Waals surface area contributed by atoms with Crippen LogP contribution in [0.15, 0.2) is 22.7 Å². The van der Waals surface area contributed by atoms with Crippen molar-refractivity contribution in [1.29, 1.82) is 0 Å². The molecule has 0 spiro atoms. The molecular weight excluding hydrogens is 240 g/mol. The van der Waals surface area contributed by atoms with E-state index in [9.17, 15) is 0 Å². The largest absolute Gasteiger partial charge is 0.397 e. The quantitative estimate of drug-likeness (QED) is 0.841. The van der Waals surface area contributed by atoms with Crippen LogP contribution in [0.3, 0.4) is 0 Å². The summed E-state index contributed by atoms with van der Waals surface area (Å²) in [5.41, 5.74) is 8.02. The number of hydrogen-bond donors (Lipinski definition) is 1. The highest BCUT2D eigenvalue weighted by Gasteiger charge is 2.29. The van der Waals surface area contributed by atoms with Crippen molar-refractivity contribution in [3.05, 3.63) is 22.7 Å². The zero-order valence-electron chi connectivity index (χ0n) is 8.33. The summed E-state index contributed by atoms with van der Waals surface area (Å²) < 4.78 is 1.10. The summed E-state index contributed by atoms with van der Waals surface area (Å²) in [6.45, 7) is 3.21. The van der Waals surface area contributed by atoms with Crippen LogP contribution < -0.4 is 10.6 Å². The minimum Gasteiger partial charge on any atom is -0.397 e. The smallest absolute Gasteiger partial charge is 0.0613 e. The van der Waals surface area contributed by atoms with Gasteiger partial charge >= 0.3 is 0 Å². The van der Waals surface area contributed by atoms with Crippen LogP contribution in [0.4, 0.5) is 11.4 Å². The summed E-state index contributed by atoms with van der Waals surface area (Å²) >= 11 is 3.48. The topological polar surface area (TPSA) is 29.3 Å². The van der Waals surface area contributed by atoms with Crippen LogP contribution in [0.25, 0.3) is 0 Å². The van der Waals surface area contributed by atoms with Gasteiger partial charge in [-0.15, -0.1) is 0 Å². The van der Waals surface area contributed by atoms with E-state index in [4.69, 9.17) is 5.73 Å². The molecule has 0 heterocycles. The number of nitrogens with zero attached hydrogens (tertiary/aromatic N) is 1. The number of rotatable bonds is 3. The second-order valence-electron chi connectivity index (χ2n) is 3.72. The van der Waals surface area contributed by atoms with Gasteiger partial charge < -0.3 is 10.6 Å². The Balaban J connectivity index is 2.32. The number of halogens is 1. The maximum absolute atomic E-state index is 5.97. The van der Waals surface area contributed by atoms with E-state index in [1.165, 1.54) is 18.5 Å². The molecule has 1 aromatic carbocycles. The van der Waals surface area contributed by atoms with Gasteiger partial charge in [0.25, 0.3) is 0 Å². The number of anilines is 2. The summed E-state index contributed by atoms with van der Waals surface area (Å²) in [5.74, 6) is 0. The highest BCUT2D eigenvalue weighted by atomic mass is 79.9. The lowest BCUT2D eigenvalue weighted by Gasteiger charge is -2.24. The molecule has 1 aromatic rings. The molecule has 1 aliphatic rings. The molecule has 0 saturated heterocycles. The van der Waals surface area contributed by atoms with Crippen molar-refractivity contribution in [2.45, 2.75) is 25.8 Å². The lowest BCUT2D eigenvalue weighted by atomic mass is 10.2. The van der Waals surface area contributed by atoms with E-state index in [2.05, 4.69) is 33.8 Å². The zero-order chi connectivity index (χ0) is 10.1. The fraction of sp³-hybridized carbons (Fsp3) is 0.455. The van der Waals surface area contributed by atoms with Crippen LogP contribution >= 0.6 is 15.9 Å². The second kappa shape index (κ2) is 3.81. The van der Waals surface area contributed by atoms with Crippen LogP contribution in [0.2, 0.25) is 0 Å². The minimum atomic E-state index is 0.719. The van der Waals surface area contributed by atoms with Crippen LogP contribution in [0.1, 0.15) is 19.8 Å². The maximum atomic E-state index is 5.97. The maximum Gasteiger partial charge on any atom is 0.0613 e. The Hall–Kier alpha value is -0.700. The SMILES string of the molecule is CCN(c1cc(Br)ccc1N)C1CC1. The molecule has 0 aliphatic heterocycles. The van der Waals surface area contributed by atoms with Gasteiger partial charge in [0.1, 0.15) is 0 Å². The van der Waals surface area contributed by atoms with Crippen molar-refractivity contribution in [3.63, 3.8) is 0 Å². The minimum absolute atomic E-state index is 0.719. The van der Waals surface area contributed by atoms with E-state index in [0.29, 0.717) is 0 Å². The van der Waals surface area contributed by atoms with Crippen molar-refractivity contribution >= 4 is 27.3 Å². The Kier molecular flexibility index (Phi) is 2.68. The second-order valence-corrected chi connectivity index (χ2v) is 4.64. The molecule has 1 aliphatic carbocycles. The Morgan fingerprint density at radius 1 is 1.50 bits per heavy atom. The number of hydrogen-bond acceptors (Lipinski definition) is 2. The molecule has 0 atom stereocenters. The van der Waals surface area contributed by atoms with Gasteiger partial charge in [-0.1, -0.05) is 15.9 Å². The van der Waals surface area contributed by atoms with Crippen molar-refractivity contribution in [1.82, 2.24) is 0 Å². The fourth-order valence-electron chi connectivity index (χ4n) is 1.78. The molecular formula is C11H15BrN2. The van der Waals surface area contributed by atoms with Gasteiger partial charge in [-0.2, -0.15) is 0 Å². The first kappa shape index (κ1) is 9.84. The predicted octanol–water partition coefficient (Wildman–Crippen LogP) is 3.02. The molecule has 0 aromatic heterocycles. The summed E-state index contributed by atoms with van der Waals surface area (Å²) in [7, 11) is 0. The van der Waals surface area contributed by atoms with Gasteiger partial charge in [-0.25, -0.2) is 0 Å². The number of benzene rings is 1.